The van der Waals surface area contributed by atoms with Gasteiger partial charge in [0.05, 0.1) is 11.6 Å². The van der Waals surface area contributed by atoms with Gasteiger partial charge in [0.2, 0.25) is 11.9 Å². The van der Waals surface area contributed by atoms with Gasteiger partial charge >= 0.3 is 6.18 Å². The summed E-state index contributed by atoms with van der Waals surface area (Å²) in [6, 6.07) is 0.00654. The van der Waals surface area contributed by atoms with Crippen LogP contribution in [0, 0.1) is 6.92 Å². The number of piperazine rings is 1. The van der Waals surface area contributed by atoms with Crippen molar-refractivity contribution in [1.29, 1.82) is 0 Å². The minimum absolute atomic E-state index is 0.0787. The van der Waals surface area contributed by atoms with Gasteiger partial charge < -0.3 is 15.1 Å². The lowest BCUT2D eigenvalue weighted by molar-refractivity contribution is -0.138. The molecule has 1 fully saturated rings. The molecule has 0 spiro atoms. The fourth-order valence-electron chi connectivity index (χ4n) is 3.25. The molecule has 180 valence electrons. The molecule has 0 unspecified atom stereocenters. The zero-order chi connectivity index (χ0) is 24.2. The third-order valence-electron chi connectivity index (χ3n) is 5.18. The van der Waals surface area contributed by atoms with E-state index in [2.05, 4.69) is 25.5 Å². The van der Waals surface area contributed by atoms with Crippen LogP contribution in [0.5, 0.6) is 0 Å². The molecule has 14 heteroatoms. The molecular formula is C19H22F5N7O2. The van der Waals surface area contributed by atoms with E-state index in [1.165, 1.54) is 17.9 Å². The number of aromatic nitrogens is 4. The van der Waals surface area contributed by atoms with Crippen LogP contribution in [0.1, 0.15) is 24.0 Å². The Hall–Kier alpha value is -3.32. The maximum absolute atomic E-state index is 13.4. The van der Waals surface area contributed by atoms with Crippen molar-refractivity contribution in [3.8, 4) is 0 Å². The molecule has 9 nitrogen and oxygen atoms in total. The van der Waals surface area contributed by atoms with Gasteiger partial charge in [0.1, 0.15) is 5.82 Å². The molecule has 0 radical (unpaired) electrons. The van der Waals surface area contributed by atoms with Gasteiger partial charge in [-0.1, -0.05) is 0 Å². The minimum Gasteiger partial charge on any atom is -0.360 e. The van der Waals surface area contributed by atoms with Crippen molar-refractivity contribution in [3.63, 3.8) is 0 Å². The molecule has 1 saturated heterocycles. The molecule has 0 bridgehead atoms. The van der Waals surface area contributed by atoms with Crippen molar-refractivity contribution in [2.24, 2.45) is 0 Å². The monoisotopic (exact) mass is 475 g/mol. The second kappa shape index (κ2) is 10.1. The van der Waals surface area contributed by atoms with E-state index in [4.69, 9.17) is 0 Å². The normalized spacial score (nSPS) is 15.6. The van der Waals surface area contributed by atoms with E-state index >= 15 is 0 Å². The molecule has 0 saturated carbocycles. The molecule has 1 amide bonds. The number of rotatable bonds is 7. The molecule has 33 heavy (non-hydrogen) atoms. The predicted octanol–water partition coefficient (Wildman–Crippen LogP) is 2.06. The van der Waals surface area contributed by atoms with E-state index in [1.807, 2.05) is 0 Å². The fourth-order valence-corrected chi connectivity index (χ4v) is 3.25. The number of halogens is 5. The summed E-state index contributed by atoms with van der Waals surface area (Å²) in [7, 11) is 0. The molecular weight excluding hydrogens is 453 g/mol. The van der Waals surface area contributed by atoms with Crippen molar-refractivity contribution in [2.45, 2.75) is 38.4 Å². The van der Waals surface area contributed by atoms with E-state index in [1.54, 1.807) is 4.90 Å². The largest absolute Gasteiger partial charge is 0.419 e. The molecule has 0 aliphatic carbocycles. The second-order valence-electron chi connectivity index (χ2n) is 7.53. The Morgan fingerprint density at radius 1 is 1.18 bits per heavy atom. The first-order chi connectivity index (χ1) is 15.5. The Balaban J connectivity index is 1.50. The summed E-state index contributed by atoms with van der Waals surface area (Å²) in [5.41, 5.74) is -1.06. The van der Waals surface area contributed by atoms with Gasteiger partial charge in [-0.25, -0.2) is 23.8 Å². The fraction of sp³-hybridized carbons (Fsp3) is 0.526. The van der Waals surface area contributed by atoms with Gasteiger partial charge in [-0.05, 0) is 19.4 Å². The zero-order valence-electron chi connectivity index (χ0n) is 17.6. The number of aryl methyl sites for hydroxylation is 1. The summed E-state index contributed by atoms with van der Waals surface area (Å²) >= 11 is 0. The topological polar surface area (TPSA) is 107 Å². The van der Waals surface area contributed by atoms with Gasteiger partial charge in [-0.2, -0.15) is 18.3 Å². The highest BCUT2D eigenvalue weighted by Crippen LogP contribution is 2.28. The SMILES string of the molecule is Cc1cc(N[C@H](CCC(=O)N2CCN(c3ncc(C(F)(F)F)cn3)CC2)C(F)F)n[nH]c1=O. The first-order valence-corrected chi connectivity index (χ1v) is 10.1. The second-order valence-corrected chi connectivity index (χ2v) is 7.53. The van der Waals surface area contributed by atoms with Crippen LogP contribution < -0.4 is 15.8 Å². The lowest BCUT2D eigenvalue weighted by Crippen LogP contribution is -2.49. The lowest BCUT2D eigenvalue weighted by Gasteiger charge is -2.35. The summed E-state index contributed by atoms with van der Waals surface area (Å²) in [6.45, 7) is 2.64. The standard InChI is InChI=1S/C19H22F5N7O2/c1-11-8-14(28-29-17(11)33)27-13(16(20)21)2-3-15(32)30-4-6-31(7-5-30)18-25-9-12(10-26-18)19(22,23)24/h8-10,13,16H,2-7H2,1H3,(H,27,28)(H,29,33)/t13-/m1/s1. The number of carbonyl (C=O) groups excluding carboxylic acids is 1. The number of hydrogen-bond donors (Lipinski definition) is 2. The van der Waals surface area contributed by atoms with Crippen LogP contribution in [0.25, 0.3) is 0 Å². The quantitative estimate of drug-likeness (QED) is 0.591. The van der Waals surface area contributed by atoms with Crippen molar-refractivity contribution in [3.05, 3.63) is 39.9 Å². The Morgan fingerprint density at radius 3 is 2.36 bits per heavy atom. The van der Waals surface area contributed by atoms with Gasteiger partial charge in [0, 0.05) is 50.6 Å². The highest BCUT2D eigenvalue weighted by molar-refractivity contribution is 5.76. The summed E-state index contributed by atoms with van der Waals surface area (Å²) < 4.78 is 64.7. The van der Waals surface area contributed by atoms with Crippen LogP contribution in [0.4, 0.5) is 33.7 Å². The molecule has 2 aromatic heterocycles. The molecule has 2 aromatic rings. The smallest absolute Gasteiger partial charge is 0.360 e. The summed E-state index contributed by atoms with van der Waals surface area (Å²) in [6.07, 6.45) is -6.17. The zero-order valence-corrected chi connectivity index (χ0v) is 17.6. The molecule has 1 aliphatic heterocycles. The first-order valence-electron chi connectivity index (χ1n) is 10.1. The Bertz CT molecular complexity index is 1000. The molecule has 3 heterocycles. The summed E-state index contributed by atoms with van der Waals surface area (Å²) in [5, 5.41) is 8.42. The average molecular weight is 475 g/mol. The number of anilines is 2. The summed E-state index contributed by atoms with van der Waals surface area (Å²) in [4.78, 5) is 34.5. The van der Waals surface area contributed by atoms with Crippen molar-refractivity contribution < 1.29 is 26.7 Å². The van der Waals surface area contributed by atoms with Gasteiger partial charge in [-0.15, -0.1) is 0 Å². The number of amides is 1. The number of carbonyl (C=O) groups is 1. The molecule has 1 atom stereocenters. The van der Waals surface area contributed by atoms with Crippen LogP contribution in [-0.2, 0) is 11.0 Å². The third-order valence-corrected chi connectivity index (χ3v) is 5.18. The number of nitrogens with zero attached hydrogens (tertiary/aromatic N) is 5. The average Bonchev–Trinajstić information content (AvgIpc) is 2.78. The van der Waals surface area contributed by atoms with Crippen molar-refractivity contribution >= 4 is 17.7 Å². The van der Waals surface area contributed by atoms with Gasteiger partial charge in [0.25, 0.3) is 12.0 Å². The van der Waals surface area contributed by atoms with Crippen LogP contribution in [0.2, 0.25) is 0 Å². The van der Waals surface area contributed by atoms with Crippen LogP contribution in [0.3, 0.4) is 0 Å². The van der Waals surface area contributed by atoms with E-state index in [-0.39, 0.29) is 43.6 Å². The van der Waals surface area contributed by atoms with Crippen LogP contribution >= 0.6 is 0 Å². The third kappa shape index (κ3) is 6.35. The Kier molecular flexibility index (Phi) is 7.43. The number of nitrogens with one attached hydrogen (secondary N) is 2. The maximum atomic E-state index is 13.4. The highest BCUT2D eigenvalue weighted by Gasteiger charge is 2.32. The Morgan fingerprint density at radius 2 is 1.82 bits per heavy atom. The molecule has 1 aliphatic rings. The number of alkyl halides is 5. The van der Waals surface area contributed by atoms with E-state index in [0.29, 0.717) is 31.0 Å². The highest BCUT2D eigenvalue weighted by atomic mass is 19.4. The first kappa shape index (κ1) is 24.3. The minimum atomic E-state index is -4.53. The van der Waals surface area contributed by atoms with E-state index in [0.717, 1.165) is 0 Å². The Labute approximate surface area is 185 Å². The molecule has 3 rings (SSSR count). The van der Waals surface area contributed by atoms with E-state index in [9.17, 15) is 31.5 Å². The number of aromatic amines is 1. The van der Waals surface area contributed by atoms with Gasteiger partial charge in [0.15, 0.2) is 0 Å². The number of hydrogen-bond acceptors (Lipinski definition) is 7. The van der Waals surface area contributed by atoms with Crippen LogP contribution in [-0.4, -0.2) is 69.6 Å². The number of H-pyrrole nitrogens is 1. The summed E-state index contributed by atoms with van der Waals surface area (Å²) in [5.74, 6) is -0.114. The maximum Gasteiger partial charge on any atom is 0.419 e. The van der Waals surface area contributed by atoms with Gasteiger partial charge in [-0.3, -0.25) is 9.59 Å². The molecule has 2 N–H and O–H groups in total. The predicted molar refractivity (Wildman–Crippen MR) is 108 cm³/mol. The van der Waals surface area contributed by atoms with Crippen molar-refractivity contribution in [2.75, 3.05) is 36.4 Å². The lowest BCUT2D eigenvalue weighted by atomic mass is 10.1. The van der Waals surface area contributed by atoms with E-state index < -0.39 is 29.8 Å². The van der Waals surface area contributed by atoms with Crippen LogP contribution in [0.15, 0.2) is 23.3 Å². The molecule has 0 aromatic carbocycles. The van der Waals surface area contributed by atoms with Crippen molar-refractivity contribution in [1.82, 2.24) is 25.1 Å².